The average molecular weight is 176 g/mol. The molecule has 0 aliphatic heterocycles. The molecule has 0 saturated heterocycles. The van der Waals surface area contributed by atoms with Gasteiger partial charge in [-0.2, -0.15) is 0 Å². The van der Waals surface area contributed by atoms with E-state index in [0.29, 0.717) is 5.92 Å². The second kappa shape index (κ2) is 3.06. The molecule has 0 spiro atoms. The second-order valence-corrected chi connectivity index (χ2v) is 3.96. The molecule has 1 aromatic carbocycles. The summed E-state index contributed by atoms with van der Waals surface area (Å²) in [5.41, 5.74) is 4.27. The highest BCUT2D eigenvalue weighted by atomic mass is 16.5. The average Bonchev–Trinajstić information content (AvgIpc) is 2.46. The van der Waals surface area contributed by atoms with E-state index in [1.807, 2.05) is 0 Å². The zero-order chi connectivity index (χ0) is 9.42. The third-order valence-corrected chi connectivity index (χ3v) is 3.03. The Kier molecular flexibility index (Phi) is 2.03. The lowest BCUT2D eigenvalue weighted by atomic mass is 10.0. The van der Waals surface area contributed by atoms with Crippen molar-refractivity contribution in [3.8, 4) is 5.75 Å². The Labute approximate surface area is 79.7 Å². The van der Waals surface area contributed by atoms with E-state index in [2.05, 4.69) is 26.0 Å². The molecule has 2 rings (SSSR count). The molecule has 13 heavy (non-hydrogen) atoms. The fourth-order valence-electron chi connectivity index (χ4n) is 2.19. The summed E-state index contributed by atoms with van der Waals surface area (Å²) in [4.78, 5) is 0. The van der Waals surface area contributed by atoms with E-state index in [1.165, 1.54) is 29.5 Å². The van der Waals surface area contributed by atoms with Crippen molar-refractivity contribution in [2.24, 2.45) is 0 Å². The summed E-state index contributed by atoms with van der Waals surface area (Å²) in [5.74, 6) is 1.75. The lowest BCUT2D eigenvalue weighted by Gasteiger charge is -2.09. The van der Waals surface area contributed by atoms with Crippen LogP contribution in [0.2, 0.25) is 0 Å². The Balaban J connectivity index is 2.51. The van der Waals surface area contributed by atoms with E-state index >= 15 is 0 Å². The van der Waals surface area contributed by atoms with E-state index < -0.39 is 0 Å². The molecule has 0 N–H and O–H groups in total. The van der Waals surface area contributed by atoms with Crippen LogP contribution in [-0.4, -0.2) is 7.11 Å². The highest BCUT2D eigenvalue weighted by molar-refractivity contribution is 5.45. The van der Waals surface area contributed by atoms with Crippen molar-refractivity contribution in [2.75, 3.05) is 7.11 Å². The summed E-state index contributed by atoms with van der Waals surface area (Å²) < 4.78 is 5.32. The van der Waals surface area contributed by atoms with E-state index in [-0.39, 0.29) is 0 Å². The summed E-state index contributed by atoms with van der Waals surface area (Å²) in [6.07, 6.45) is 2.53. The van der Waals surface area contributed by atoms with E-state index in [4.69, 9.17) is 4.74 Å². The highest BCUT2D eigenvalue weighted by Crippen LogP contribution is 2.36. The van der Waals surface area contributed by atoms with Crippen LogP contribution in [0.1, 0.15) is 36.0 Å². The minimum absolute atomic E-state index is 0.712. The first kappa shape index (κ1) is 8.61. The number of ether oxygens (including phenoxy) is 1. The van der Waals surface area contributed by atoms with Crippen LogP contribution in [0, 0.1) is 6.92 Å². The molecule has 1 heteroatoms. The van der Waals surface area contributed by atoms with Gasteiger partial charge in [-0.1, -0.05) is 13.0 Å². The zero-order valence-electron chi connectivity index (χ0n) is 8.55. The molecular formula is C12H16O. The van der Waals surface area contributed by atoms with Crippen LogP contribution in [-0.2, 0) is 6.42 Å². The molecule has 1 atom stereocenters. The van der Waals surface area contributed by atoms with E-state index in [9.17, 15) is 0 Å². The number of hydrogen-bond donors (Lipinski definition) is 0. The first-order valence-corrected chi connectivity index (χ1v) is 4.89. The molecule has 0 heterocycles. The van der Waals surface area contributed by atoms with Gasteiger partial charge in [0.15, 0.2) is 0 Å². The van der Waals surface area contributed by atoms with Crippen LogP contribution in [0.3, 0.4) is 0 Å². The van der Waals surface area contributed by atoms with Crippen LogP contribution in [0.5, 0.6) is 5.75 Å². The van der Waals surface area contributed by atoms with Gasteiger partial charge in [0.05, 0.1) is 7.11 Å². The quantitative estimate of drug-likeness (QED) is 0.639. The molecule has 0 saturated carbocycles. The van der Waals surface area contributed by atoms with Crippen molar-refractivity contribution < 1.29 is 4.74 Å². The molecule has 70 valence electrons. The molecule has 1 aliphatic rings. The number of fused-ring (bicyclic) bond motifs is 1. The lowest BCUT2D eigenvalue weighted by molar-refractivity contribution is 0.411. The molecular weight excluding hydrogens is 160 g/mol. The number of rotatable bonds is 1. The zero-order valence-corrected chi connectivity index (χ0v) is 8.55. The van der Waals surface area contributed by atoms with Crippen molar-refractivity contribution in [3.05, 3.63) is 28.8 Å². The van der Waals surface area contributed by atoms with Gasteiger partial charge in [0, 0.05) is 0 Å². The molecule has 0 fully saturated rings. The minimum Gasteiger partial charge on any atom is -0.496 e. The van der Waals surface area contributed by atoms with Gasteiger partial charge < -0.3 is 4.74 Å². The van der Waals surface area contributed by atoms with Crippen LogP contribution >= 0.6 is 0 Å². The van der Waals surface area contributed by atoms with Crippen LogP contribution in [0.4, 0.5) is 0 Å². The van der Waals surface area contributed by atoms with Crippen LogP contribution in [0.25, 0.3) is 0 Å². The minimum atomic E-state index is 0.712. The first-order valence-electron chi connectivity index (χ1n) is 4.89. The van der Waals surface area contributed by atoms with Crippen molar-refractivity contribution in [1.82, 2.24) is 0 Å². The summed E-state index contributed by atoms with van der Waals surface area (Å²) in [7, 11) is 1.74. The Morgan fingerprint density at radius 2 is 2.15 bits per heavy atom. The lowest BCUT2D eigenvalue weighted by Crippen LogP contribution is -1.92. The van der Waals surface area contributed by atoms with Crippen molar-refractivity contribution >= 4 is 0 Å². The normalized spacial score (nSPS) is 20.1. The van der Waals surface area contributed by atoms with Gasteiger partial charge in [0.2, 0.25) is 0 Å². The summed E-state index contributed by atoms with van der Waals surface area (Å²) in [5, 5.41) is 0. The van der Waals surface area contributed by atoms with Crippen molar-refractivity contribution in [1.29, 1.82) is 0 Å². The number of aryl methyl sites for hydroxylation is 2. The molecule has 1 aliphatic carbocycles. The fourth-order valence-corrected chi connectivity index (χ4v) is 2.19. The molecule has 0 aromatic heterocycles. The van der Waals surface area contributed by atoms with Crippen LogP contribution in [0.15, 0.2) is 12.1 Å². The van der Waals surface area contributed by atoms with Gasteiger partial charge in [-0.15, -0.1) is 0 Å². The van der Waals surface area contributed by atoms with Gasteiger partial charge in [-0.3, -0.25) is 0 Å². The molecule has 0 radical (unpaired) electrons. The maximum Gasteiger partial charge on any atom is 0.122 e. The van der Waals surface area contributed by atoms with Crippen molar-refractivity contribution in [3.63, 3.8) is 0 Å². The smallest absolute Gasteiger partial charge is 0.122 e. The third kappa shape index (κ3) is 1.32. The Hall–Kier alpha value is -0.980. The maximum absolute atomic E-state index is 5.32. The third-order valence-electron chi connectivity index (χ3n) is 3.03. The van der Waals surface area contributed by atoms with Gasteiger partial charge in [0.25, 0.3) is 0 Å². The topological polar surface area (TPSA) is 9.23 Å². The Bertz CT molecular complexity index is 328. The van der Waals surface area contributed by atoms with E-state index in [0.717, 1.165) is 5.75 Å². The monoisotopic (exact) mass is 176 g/mol. The van der Waals surface area contributed by atoms with E-state index in [1.54, 1.807) is 7.11 Å². The number of methoxy groups -OCH3 is 1. The van der Waals surface area contributed by atoms with Crippen molar-refractivity contribution in [2.45, 2.75) is 32.6 Å². The van der Waals surface area contributed by atoms with Gasteiger partial charge in [-0.25, -0.2) is 0 Å². The largest absolute Gasteiger partial charge is 0.496 e. The van der Waals surface area contributed by atoms with Crippen LogP contribution < -0.4 is 4.74 Å². The SMILES string of the molecule is COc1cc2c(cc1C)CCC2C. The van der Waals surface area contributed by atoms with Gasteiger partial charge in [0.1, 0.15) is 5.75 Å². The number of benzene rings is 1. The Morgan fingerprint density at radius 1 is 1.38 bits per heavy atom. The number of hydrogen-bond acceptors (Lipinski definition) is 1. The van der Waals surface area contributed by atoms with Gasteiger partial charge >= 0.3 is 0 Å². The first-order chi connectivity index (χ1) is 6.22. The molecule has 1 unspecified atom stereocenters. The highest BCUT2D eigenvalue weighted by Gasteiger charge is 2.19. The molecule has 0 bridgehead atoms. The standard InChI is InChI=1S/C12H16O/c1-8-4-5-10-6-9(2)12(13-3)7-11(8)10/h6-8H,4-5H2,1-3H3. The molecule has 1 nitrogen and oxygen atoms in total. The maximum atomic E-state index is 5.32. The fraction of sp³-hybridized carbons (Fsp3) is 0.500. The molecule has 1 aromatic rings. The Morgan fingerprint density at radius 3 is 2.85 bits per heavy atom. The second-order valence-electron chi connectivity index (χ2n) is 3.96. The summed E-state index contributed by atoms with van der Waals surface area (Å²) in [6.45, 7) is 4.41. The predicted molar refractivity (Wildman–Crippen MR) is 54.5 cm³/mol. The predicted octanol–water partition coefficient (Wildman–Crippen LogP) is 3.05. The molecule has 0 amide bonds. The van der Waals surface area contributed by atoms with Gasteiger partial charge in [-0.05, 0) is 48.4 Å². The summed E-state index contributed by atoms with van der Waals surface area (Å²) in [6, 6.07) is 4.49. The summed E-state index contributed by atoms with van der Waals surface area (Å²) >= 11 is 0.